The normalized spacial score (nSPS) is 12.5. The maximum atomic E-state index is 12.9. The van der Waals surface area contributed by atoms with Gasteiger partial charge in [0, 0.05) is 29.1 Å². The second kappa shape index (κ2) is 9.09. The highest BCUT2D eigenvalue weighted by Gasteiger charge is 2.21. The van der Waals surface area contributed by atoms with Gasteiger partial charge in [0.25, 0.3) is 5.91 Å². The van der Waals surface area contributed by atoms with Crippen LogP contribution in [0.1, 0.15) is 33.8 Å². The quantitative estimate of drug-likeness (QED) is 0.569. The number of nitrogens with zero attached hydrogens (tertiary/aromatic N) is 1. The van der Waals surface area contributed by atoms with Gasteiger partial charge in [0.1, 0.15) is 0 Å². The summed E-state index contributed by atoms with van der Waals surface area (Å²) in [5.41, 5.74) is 1.25. The summed E-state index contributed by atoms with van der Waals surface area (Å²) >= 11 is 7.41. The number of thiophene rings is 1. The Balaban J connectivity index is 1.76. The second-order valence-corrected chi connectivity index (χ2v) is 9.81. The van der Waals surface area contributed by atoms with Gasteiger partial charge in [-0.25, -0.2) is 13.1 Å². The standard InChI is InChI=1S/C21H21ClN2O3S2/c1-15(16-8-10-18(22)11-9-16)24(2)21(25)17-5-3-7-20(13-17)29(26,27)23-14-19-6-4-12-28-19/h3-13,15,23H,14H2,1-2H3. The molecule has 0 saturated heterocycles. The summed E-state index contributed by atoms with van der Waals surface area (Å²) in [6.07, 6.45) is 0. The highest BCUT2D eigenvalue weighted by Crippen LogP contribution is 2.23. The minimum absolute atomic E-state index is 0.0625. The zero-order chi connectivity index (χ0) is 21.0. The predicted molar refractivity (Wildman–Crippen MR) is 117 cm³/mol. The van der Waals surface area contributed by atoms with E-state index < -0.39 is 10.0 Å². The summed E-state index contributed by atoms with van der Waals surface area (Å²) in [5.74, 6) is -0.261. The van der Waals surface area contributed by atoms with Crippen LogP contribution < -0.4 is 4.72 Å². The number of sulfonamides is 1. The zero-order valence-electron chi connectivity index (χ0n) is 16.0. The minimum atomic E-state index is -3.72. The van der Waals surface area contributed by atoms with Gasteiger partial charge in [0.15, 0.2) is 0 Å². The summed E-state index contributed by atoms with van der Waals surface area (Å²) in [5, 5.41) is 2.52. The molecule has 0 saturated carbocycles. The minimum Gasteiger partial charge on any atom is -0.335 e. The third-order valence-electron chi connectivity index (χ3n) is 4.66. The molecular formula is C21H21ClN2O3S2. The molecule has 0 aliphatic carbocycles. The van der Waals surface area contributed by atoms with Crippen molar-refractivity contribution in [2.24, 2.45) is 0 Å². The summed E-state index contributed by atoms with van der Waals surface area (Å²) in [6.45, 7) is 2.12. The van der Waals surface area contributed by atoms with E-state index in [0.717, 1.165) is 10.4 Å². The number of carbonyl (C=O) groups is 1. The first kappa shape index (κ1) is 21.5. The van der Waals surface area contributed by atoms with E-state index in [0.29, 0.717) is 10.6 Å². The number of halogens is 1. The van der Waals surface area contributed by atoms with Crippen molar-refractivity contribution in [2.45, 2.75) is 24.4 Å². The fourth-order valence-electron chi connectivity index (χ4n) is 2.80. The van der Waals surface area contributed by atoms with Crippen LogP contribution in [0.25, 0.3) is 0 Å². The number of carbonyl (C=O) groups excluding carboxylic acids is 1. The molecule has 2 aromatic carbocycles. The highest BCUT2D eigenvalue weighted by molar-refractivity contribution is 7.89. The van der Waals surface area contributed by atoms with Gasteiger partial charge in [0.05, 0.1) is 10.9 Å². The van der Waals surface area contributed by atoms with Gasteiger partial charge in [0.2, 0.25) is 10.0 Å². The summed E-state index contributed by atoms with van der Waals surface area (Å²) in [4.78, 5) is 15.5. The molecule has 0 aliphatic rings. The van der Waals surface area contributed by atoms with Gasteiger partial charge in [-0.05, 0) is 54.3 Å². The molecule has 1 amide bonds. The molecule has 0 bridgehead atoms. The van der Waals surface area contributed by atoms with E-state index in [9.17, 15) is 13.2 Å². The monoisotopic (exact) mass is 448 g/mol. The van der Waals surface area contributed by atoms with E-state index in [2.05, 4.69) is 4.72 Å². The van der Waals surface area contributed by atoms with Crippen molar-refractivity contribution in [2.75, 3.05) is 7.05 Å². The third-order valence-corrected chi connectivity index (χ3v) is 7.19. The average molecular weight is 449 g/mol. The molecule has 1 aromatic heterocycles. The molecule has 1 heterocycles. The van der Waals surface area contributed by atoms with E-state index >= 15 is 0 Å². The molecule has 152 valence electrons. The van der Waals surface area contributed by atoms with Crippen molar-refractivity contribution in [1.29, 1.82) is 0 Å². The summed E-state index contributed by atoms with van der Waals surface area (Å²) < 4.78 is 27.8. The number of hydrogen-bond donors (Lipinski definition) is 1. The molecule has 1 N–H and O–H groups in total. The van der Waals surface area contributed by atoms with Crippen molar-refractivity contribution in [3.63, 3.8) is 0 Å². The number of amides is 1. The first-order valence-corrected chi connectivity index (χ1v) is 11.7. The topological polar surface area (TPSA) is 66.5 Å². The number of nitrogens with one attached hydrogen (secondary N) is 1. The van der Waals surface area contributed by atoms with E-state index in [1.807, 2.05) is 36.6 Å². The molecule has 1 unspecified atom stereocenters. The Kier molecular flexibility index (Phi) is 6.74. The fourth-order valence-corrected chi connectivity index (χ4v) is 4.72. The van der Waals surface area contributed by atoms with E-state index in [4.69, 9.17) is 11.6 Å². The Morgan fingerprint density at radius 2 is 1.86 bits per heavy atom. The molecule has 0 radical (unpaired) electrons. The smallest absolute Gasteiger partial charge is 0.254 e. The van der Waals surface area contributed by atoms with Crippen LogP contribution in [0, 0.1) is 0 Å². The summed E-state index contributed by atoms with van der Waals surface area (Å²) in [7, 11) is -2.03. The van der Waals surface area contributed by atoms with Gasteiger partial charge < -0.3 is 4.90 Å². The Morgan fingerprint density at radius 1 is 1.14 bits per heavy atom. The van der Waals surface area contributed by atoms with Crippen LogP contribution in [0.4, 0.5) is 0 Å². The molecule has 1 atom stereocenters. The molecule has 3 rings (SSSR count). The molecule has 29 heavy (non-hydrogen) atoms. The summed E-state index contributed by atoms with van der Waals surface area (Å²) in [6, 6.07) is 16.9. The zero-order valence-corrected chi connectivity index (χ0v) is 18.4. The Morgan fingerprint density at radius 3 is 2.52 bits per heavy atom. The van der Waals surface area contributed by atoms with Crippen molar-refractivity contribution in [1.82, 2.24) is 9.62 Å². The van der Waals surface area contributed by atoms with Crippen LogP contribution >= 0.6 is 22.9 Å². The van der Waals surface area contributed by atoms with Crippen LogP contribution in [0.2, 0.25) is 5.02 Å². The molecule has 0 fully saturated rings. The van der Waals surface area contributed by atoms with Gasteiger partial charge in [-0.15, -0.1) is 11.3 Å². The lowest BCUT2D eigenvalue weighted by atomic mass is 10.1. The van der Waals surface area contributed by atoms with Crippen molar-refractivity contribution in [3.05, 3.63) is 87.1 Å². The molecule has 8 heteroatoms. The third kappa shape index (κ3) is 5.25. The molecular weight excluding hydrogens is 428 g/mol. The van der Waals surface area contributed by atoms with E-state index in [1.165, 1.54) is 23.5 Å². The number of rotatable bonds is 7. The highest BCUT2D eigenvalue weighted by atomic mass is 35.5. The van der Waals surface area contributed by atoms with Gasteiger partial charge in [-0.1, -0.05) is 35.9 Å². The van der Waals surface area contributed by atoms with Crippen LogP contribution in [-0.2, 0) is 16.6 Å². The fraction of sp³-hybridized carbons (Fsp3) is 0.190. The van der Waals surface area contributed by atoms with Crippen LogP contribution in [0.5, 0.6) is 0 Å². The first-order valence-electron chi connectivity index (χ1n) is 8.92. The average Bonchev–Trinajstić information content (AvgIpc) is 3.25. The van der Waals surface area contributed by atoms with Gasteiger partial charge in [-0.2, -0.15) is 0 Å². The van der Waals surface area contributed by atoms with E-state index in [-0.39, 0.29) is 23.4 Å². The van der Waals surface area contributed by atoms with Crippen LogP contribution in [0.15, 0.2) is 70.9 Å². The molecule has 0 aliphatic heterocycles. The molecule has 5 nitrogen and oxygen atoms in total. The Hall–Kier alpha value is -2.19. The lowest BCUT2D eigenvalue weighted by Gasteiger charge is -2.25. The van der Waals surface area contributed by atoms with Gasteiger partial charge in [-0.3, -0.25) is 4.79 Å². The maximum Gasteiger partial charge on any atom is 0.254 e. The maximum absolute atomic E-state index is 12.9. The Labute approximate surface area is 180 Å². The predicted octanol–water partition coefficient (Wildman–Crippen LogP) is 4.71. The Bertz CT molecular complexity index is 1080. The van der Waals surface area contributed by atoms with Crippen molar-refractivity contribution in [3.8, 4) is 0 Å². The lowest BCUT2D eigenvalue weighted by Crippen LogP contribution is -2.30. The number of benzene rings is 2. The van der Waals surface area contributed by atoms with Crippen molar-refractivity contribution < 1.29 is 13.2 Å². The van der Waals surface area contributed by atoms with Gasteiger partial charge >= 0.3 is 0 Å². The van der Waals surface area contributed by atoms with Crippen LogP contribution in [-0.4, -0.2) is 26.3 Å². The van der Waals surface area contributed by atoms with Crippen LogP contribution in [0.3, 0.4) is 0 Å². The number of hydrogen-bond acceptors (Lipinski definition) is 4. The van der Waals surface area contributed by atoms with E-state index in [1.54, 1.807) is 36.2 Å². The SMILES string of the molecule is CC(c1ccc(Cl)cc1)N(C)C(=O)c1cccc(S(=O)(=O)NCc2cccs2)c1. The van der Waals surface area contributed by atoms with Crippen molar-refractivity contribution >= 4 is 38.9 Å². The largest absolute Gasteiger partial charge is 0.335 e. The molecule has 3 aromatic rings. The lowest BCUT2D eigenvalue weighted by molar-refractivity contribution is 0.0742. The first-order chi connectivity index (χ1) is 13.8. The molecule has 0 spiro atoms. The second-order valence-electron chi connectivity index (χ2n) is 6.58.